The number of nitrogens with one attached hydrogen (secondary N) is 1. The van der Waals surface area contributed by atoms with Crippen LogP contribution in [0, 0.1) is 25.2 Å². The van der Waals surface area contributed by atoms with Crippen LogP contribution < -0.4 is 5.32 Å². The Balaban J connectivity index is 1.88. The van der Waals surface area contributed by atoms with E-state index in [2.05, 4.69) is 18.1 Å². The second-order valence-electron chi connectivity index (χ2n) is 7.84. The summed E-state index contributed by atoms with van der Waals surface area (Å²) in [6.07, 6.45) is 9.82. The first-order valence-corrected chi connectivity index (χ1v) is 11.7. The Morgan fingerprint density at radius 3 is 2.17 bits per heavy atom. The number of nitriles is 1. The average Bonchev–Trinajstić information content (AvgIpc) is 2.50. The fraction of sp³-hybridized carbons (Fsp3) is 0.600. The van der Waals surface area contributed by atoms with Crippen LogP contribution in [0.25, 0.3) is 0 Å². The van der Waals surface area contributed by atoms with Gasteiger partial charge in [-0.05, 0) is 75.6 Å². The Kier molecular flexibility index (Phi) is 4.71. The summed E-state index contributed by atoms with van der Waals surface area (Å²) in [5, 5.41) is 12.3. The van der Waals surface area contributed by atoms with Crippen molar-refractivity contribution in [2.45, 2.75) is 57.5 Å². The first-order chi connectivity index (χ1) is 11.4. The summed E-state index contributed by atoms with van der Waals surface area (Å²) < 4.78 is 0. The van der Waals surface area contributed by atoms with Crippen molar-refractivity contribution in [2.75, 3.05) is 24.3 Å². The Morgan fingerprint density at radius 1 is 1.12 bits per heavy atom. The third-order valence-corrected chi connectivity index (χ3v) is 11.7. The number of aryl methyl sites for hydroxylation is 2. The molecule has 24 heavy (non-hydrogen) atoms. The van der Waals surface area contributed by atoms with E-state index < -0.39 is 7.26 Å². The van der Waals surface area contributed by atoms with Gasteiger partial charge in [-0.3, -0.25) is 4.79 Å². The van der Waals surface area contributed by atoms with E-state index in [1.54, 1.807) is 0 Å². The van der Waals surface area contributed by atoms with E-state index in [1.165, 1.54) is 38.0 Å². The van der Waals surface area contributed by atoms with Crippen LogP contribution in [0.4, 0.5) is 5.69 Å². The number of carbonyl (C=O) groups excluding carboxylic acids is 1. The molecule has 1 aliphatic carbocycles. The molecular formula is C20H28N2OP+. The second kappa shape index (κ2) is 6.49. The standard InChI is InChI=1S/C20H27N2OP/c1-15-12-17(14-21)13-16(2)18(15)22-19(23)20(8-7-9-20)24(3)10-5-4-6-11-24/h12-13H,4-11H2,1-3H3/p+1. The third-order valence-electron chi connectivity index (χ3n) is 6.34. The summed E-state index contributed by atoms with van der Waals surface area (Å²) >= 11 is 0. The molecule has 0 radical (unpaired) electrons. The molecular weight excluding hydrogens is 315 g/mol. The number of amides is 1. The van der Waals surface area contributed by atoms with Gasteiger partial charge in [-0.2, -0.15) is 5.26 Å². The Bertz CT molecular complexity index is 671. The van der Waals surface area contributed by atoms with E-state index >= 15 is 0 Å². The third kappa shape index (κ3) is 2.76. The predicted octanol–water partition coefficient (Wildman–Crippen LogP) is 4.87. The van der Waals surface area contributed by atoms with Crippen molar-refractivity contribution in [3.8, 4) is 6.07 Å². The predicted molar refractivity (Wildman–Crippen MR) is 102 cm³/mol. The van der Waals surface area contributed by atoms with Gasteiger partial charge in [-0.1, -0.05) is 0 Å². The summed E-state index contributed by atoms with van der Waals surface area (Å²) in [5.74, 6) is 0.252. The first kappa shape index (κ1) is 17.4. The van der Waals surface area contributed by atoms with Crippen molar-refractivity contribution >= 4 is 18.9 Å². The van der Waals surface area contributed by atoms with E-state index in [1.807, 2.05) is 26.0 Å². The van der Waals surface area contributed by atoms with Crippen molar-refractivity contribution in [3.05, 3.63) is 28.8 Å². The highest BCUT2D eigenvalue weighted by molar-refractivity contribution is 7.77. The quantitative estimate of drug-likeness (QED) is 0.796. The minimum Gasteiger partial charge on any atom is -0.322 e. The molecule has 0 unspecified atom stereocenters. The van der Waals surface area contributed by atoms with Crippen molar-refractivity contribution < 1.29 is 4.79 Å². The lowest BCUT2D eigenvalue weighted by molar-refractivity contribution is -0.120. The molecule has 1 aromatic carbocycles. The zero-order valence-electron chi connectivity index (χ0n) is 15.1. The van der Waals surface area contributed by atoms with E-state index in [0.717, 1.165) is 29.7 Å². The zero-order valence-corrected chi connectivity index (χ0v) is 16.0. The topological polar surface area (TPSA) is 52.9 Å². The molecule has 2 aliphatic rings. The van der Waals surface area contributed by atoms with E-state index in [9.17, 15) is 4.79 Å². The number of rotatable bonds is 3. The van der Waals surface area contributed by atoms with Crippen LogP contribution in [0.3, 0.4) is 0 Å². The van der Waals surface area contributed by atoms with Gasteiger partial charge in [0.05, 0.1) is 24.0 Å². The fourth-order valence-electron chi connectivity index (χ4n) is 4.62. The zero-order chi connectivity index (χ0) is 17.4. The summed E-state index contributed by atoms with van der Waals surface area (Å²) in [6.45, 7) is 6.41. The molecule has 1 amide bonds. The Hall–Kier alpha value is -1.39. The smallest absolute Gasteiger partial charge is 0.268 e. The summed E-state index contributed by atoms with van der Waals surface area (Å²) in [4.78, 5) is 13.3. The fourth-order valence-corrected chi connectivity index (χ4v) is 9.48. The van der Waals surface area contributed by atoms with Crippen molar-refractivity contribution in [3.63, 3.8) is 0 Å². The summed E-state index contributed by atoms with van der Waals surface area (Å²) in [7, 11) is -1.20. The van der Waals surface area contributed by atoms with E-state index in [-0.39, 0.29) is 11.1 Å². The minimum absolute atomic E-state index is 0.0831. The largest absolute Gasteiger partial charge is 0.322 e. The van der Waals surface area contributed by atoms with Gasteiger partial charge < -0.3 is 5.32 Å². The van der Waals surface area contributed by atoms with Gasteiger partial charge in [0.25, 0.3) is 5.91 Å². The van der Waals surface area contributed by atoms with Gasteiger partial charge in [0, 0.05) is 19.6 Å². The van der Waals surface area contributed by atoms with E-state index in [4.69, 9.17) is 5.26 Å². The maximum Gasteiger partial charge on any atom is 0.268 e. The van der Waals surface area contributed by atoms with E-state index in [0.29, 0.717) is 5.56 Å². The SMILES string of the molecule is Cc1cc(C#N)cc(C)c1NC(=O)C1([P+]2(C)CCCCC2)CCC1. The molecule has 1 aromatic rings. The highest BCUT2D eigenvalue weighted by atomic mass is 31.2. The number of nitrogens with zero attached hydrogens (tertiary/aromatic N) is 1. The maximum absolute atomic E-state index is 13.3. The van der Waals surface area contributed by atoms with Crippen molar-refractivity contribution in [1.29, 1.82) is 5.26 Å². The molecule has 3 nitrogen and oxygen atoms in total. The molecule has 0 spiro atoms. The van der Waals surface area contributed by atoms with Crippen LogP contribution in [0.15, 0.2) is 12.1 Å². The second-order valence-corrected chi connectivity index (χ2v) is 12.4. The molecule has 3 rings (SSSR count). The van der Waals surface area contributed by atoms with Crippen LogP contribution in [0.5, 0.6) is 0 Å². The maximum atomic E-state index is 13.3. The molecule has 1 saturated carbocycles. The Labute approximate surface area is 146 Å². The molecule has 128 valence electrons. The van der Waals surface area contributed by atoms with Crippen molar-refractivity contribution in [1.82, 2.24) is 0 Å². The molecule has 1 heterocycles. The molecule has 1 saturated heterocycles. The number of carbonyl (C=O) groups is 1. The Morgan fingerprint density at radius 2 is 1.71 bits per heavy atom. The summed E-state index contributed by atoms with van der Waals surface area (Å²) in [6, 6.07) is 5.93. The highest BCUT2D eigenvalue weighted by Crippen LogP contribution is 2.74. The number of hydrogen-bond donors (Lipinski definition) is 1. The monoisotopic (exact) mass is 343 g/mol. The van der Waals surface area contributed by atoms with Crippen LogP contribution in [-0.2, 0) is 4.79 Å². The van der Waals surface area contributed by atoms with Gasteiger partial charge in [0.2, 0.25) is 0 Å². The summed E-state index contributed by atoms with van der Waals surface area (Å²) in [5.41, 5.74) is 3.55. The number of anilines is 1. The van der Waals surface area contributed by atoms with Gasteiger partial charge >= 0.3 is 0 Å². The van der Waals surface area contributed by atoms with Crippen LogP contribution in [0.2, 0.25) is 0 Å². The number of benzene rings is 1. The lowest BCUT2D eigenvalue weighted by atomic mass is 9.83. The molecule has 0 bridgehead atoms. The van der Waals surface area contributed by atoms with Gasteiger partial charge in [0.1, 0.15) is 0 Å². The number of hydrogen-bond acceptors (Lipinski definition) is 2. The normalized spacial score (nSPS) is 21.4. The van der Waals surface area contributed by atoms with Gasteiger partial charge in [-0.15, -0.1) is 0 Å². The van der Waals surface area contributed by atoms with Gasteiger partial charge in [0.15, 0.2) is 5.16 Å². The highest BCUT2D eigenvalue weighted by Gasteiger charge is 2.63. The molecule has 0 aromatic heterocycles. The first-order valence-electron chi connectivity index (χ1n) is 9.09. The van der Waals surface area contributed by atoms with Crippen LogP contribution in [0.1, 0.15) is 55.2 Å². The molecule has 1 N–H and O–H groups in total. The molecule has 4 heteroatoms. The minimum atomic E-state index is -1.20. The molecule has 2 fully saturated rings. The van der Waals surface area contributed by atoms with Crippen molar-refractivity contribution in [2.24, 2.45) is 0 Å². The van der Waals surface area contributed by atoms with Crippen LogP contribution in [-0.4, -0.2) is 30.1 Å². The molecule has 1 aliphatic heterocycles. The average molecular weight is 343 g/mol. The molecule has 0 atom stereocenters. The lowest BCUT2D eigenvalue weighted by Gasteiger charge is -2.49. The van der Waals surface area contributed by atoms with Gasteiger partial charge in [-0.25, -0.2) is 0 Å². The van der Waals surface area contributed by atoms with Crippen LogP contribution >= 0.6 is 7.26 Å². The lowest BCUT2D eigenvalue weighted by Crippen LogP contribution is -2.52.